The zero-order chi connectivity index (χ0) is 3.41. The molecule has 0 bridgehead atoms. The van der Waals surface area contributed by atoms with Gasteiger partial charge in [0, 0.05) is 4.99 Å². The third kappa shape index (κ3) is 2.00. The Morgan fingerprint density at radius 2 is 2.25 bits per heavy atom. The lowest BCUT2D eigenvalue weighted by Gasteiger charge is -1.35. The van der Waals surface area contributed by atoms with Crippen molar-refractivity contribution in [3.05, 3.63) is 17.3 Å². The third-order valence-corrected chi connectivity index (χ3v) is 0.401. The van der Waals surface area contributed by atoms with Crippen molar-refractivity contribution in [2.45, 2.75) is 0 Å². The molecular weight excluding hydrogens is 116 g/mol. The molecule has 0 aliphatic carbocycles. The monoisotopic (exact) mass is 118 g/mol. The van der Waals surface area contributed by atoms with E-state index >= 15 is 0 Å². The average Bonchev–Trinajstić information content (AvgIpc) is 1.37. The predicted molar refractivity (Wildman–Crippen MR) is 22.6 cm³/mol. The molecule has 0 N–H and O–H groups in total. The van der Waals surface area contributed by atoms with E-state index in [-0.39, 0.29) is 0 Å². The summed E-state index contributed by atoms with van der Waals surface area (Å²) < 4.78 is 0. The molecule has 22 valence electrons. The van der Waals surface area contributed by atoms with Gasteiger partial charge in [-0.15, -0.1) is 5.73 Å². The second-order valence-corrected chi connectivity index (χ2v) is 0.771. The van der Waals surface area contributed by atoms with Crippen molar-refractivity contribution in [3.63, 3.8) is 0 Å². The highest BCUT2D eigenvalue weighted by Gasteiger charge is 1.27. The minimum Gasteiger partial charge on any atom is -0.121 e. The van der Waals surface area contributed by atoms with E-state index in [0.29, 0.717) is 0 Å². The van der Waals surface area contributed by atoms with Gasteiger partial charge in [0.1, 0.15) is 0 Å². The number of rotatable bonds is 0. The fraction of sp³-hybridized carbons (Fsp3) is 0. The first-order valence-electron chi connectivity index (χ1n) is 0.860. The molecule has 0 aliphatic rings. The van der Waals surface area contributed by atoms with Crippen molar-refractivity contribution in [3.8, 4) is 0 Å². The lowest BCUT2D eigenvalue weighted by atomic mass is 11.0. The molecule has 0 fully saturated rings. The lowest BCUT2D eigenvalue weighted by molar-refractivity contribution is 2.47. The largest absolute Gasteiger partial charge is 0.121 e. The van der Waals surface area contributed by atoms with Crippen molar-refractivity contribution in [2.24, 2.45) is 0 Å². The summed E-state index contributed by atoms with van der Waals surface area (Å²) in [5.74, 6) is 0. The second kappa shape index (κ2) is 3.00. The summed E-state index contributed by atoms with van der Waals surface area (Å²) in [7, 11) is 0. The van der Waals surface area contributed by atoms with Crippen LogP contribution in [0.3, 0.4) is 0 Å². The number of halogens is 1. The van der Waals surface area contributed by atoms with Crippen molar-refractivity contribution in [1.29, 1.82) is 0 Å². The topological polar surface area (TPSA) is 0 Å². The first-order valence-corrected chi connectivity index (χ1v) is 1.78. The fourth-order valence-corrected chi connectivity index (χ4v) is 0. The van der Waals surface area contributed by atoms with E-state index in [1.165, 1.54) is 0 Å². The van der Waals surface area contributed by atoms with Crippen molar-refractivity contribution < 1.29 is 0 Å². The highest BCUT2D eigenvalue weighted by atomic mass is 79.9. The van der Waals surface area contributed by atoms with Crippen LogP contribution in [0.1, 0.15) is 0 Å². The van der Waals surface area contributed by atoms with Gasteiger partial charge < -0.3 is 0 Å². The van der Waals surface area contributed by atoms with Gasteiger partial charge in [0.05, 0.1) is 0 Å². The molecule has 1 heteroatoms. The highest BCUT2D eigenvalue weighted by molar-refractivity contribution is 9.11. The zero-order valence-corrected chi connectivity index (χ0v) is 3.75. The summed E-state index contributed by atoms with van der Waals surface area (Å²) in [6.45, 7) is 3.25. The minimum absolute atomic E-state index is 1.58. The quantitative estimate of drug-likeness (QED) is 0.425. The van der Waals surface area contributed by atoms with E-state index in [9.17, 15) is 0 Å². The molecule has 0 aromatic heterocycles. The van der Waals surface area contributed by atoms with Gasteiger partial charge >= 0.3 is 0 Å². The fourth-order valence-electron chi connectivity index (χ4n) is 0. The standard InChI is InChI=1S/C3H3Br/c1-2-3-4/h3H,1H2. The van der Waals surface area contributed by atoms with Gasteiger partial charge in [-0.25, -0.2) is 0 Å². The van der Waals surface area contributed by atoms with Crippen LogP contribution in [0, 0.1) is 0 Å². The van der Waals surface area contributed by atoms with Crippen molar-refractivity contribution in [1.82, 2.24) is 0 Å². The van der Waals surface area contributed by atoms with Crippen LogP contribution in [0.25, 0.3) is 0 Å². The zero-order valence-electron chi connectivity index (χ0n) is 2.16. The molecule has 0 heterocycles. The minimum atomic E-state index is 1.58. The van der Waals surface area contributed by atoms with E-state index in [1.54, 1.807) is 4.99 Å². The summed E-state index contributed by atoms with van der Waals surface area (Å²) in [6.07, 6.45) is 0. The Morgan fingerprint density at radius 3 is 2.25 bits per heavy atom. The van der Waals surface area contributed by atoms with E-state index in [0.717, 1.165) is 0 Å². The van der Waals surface area contributed by atoms with Gasteiger partial charge in [-0.2, -0.15) is 0 Å². The molecule has 0 atom stereocenters. The Hall–Kier alpha value is 0. The molecule has 0 aromatic carbocycles. The molecule has 0 aliphatic heterocycles. The van der Waals surface area contributed by atoms with Crippen LogP contribution in [0.2, 0.25) is 0 Å². The van der Waals surface area contributed by atoms with Crippen molar-refractivity contribution in [2.75, 3.05) is 0 Å². The molecule has 4 heavy (non-hydrogen) atoms. The summed E-state index contributed by atoms with van der Waals surface area (Å²) >= 11 is 2.95. The maximum absolute atomic E-state index is 3.25. The van der Waals surface area contributed by atoms with Gasteiger partial charge in [0.15, 0.2) is 0 Å². The van der Waals surface area contributed by atoms with Gasteiger partial charge in [-0.3, -0.25) is 0 Å². The Kier molecular flexibility index (Phi) is 3.00. The van der Waals surface area contributed by atoms with E-state index in [2.05, 4.69) is 28.2 Å². The Morgan fingerprint density at radius 1 is 2.00 bits per heavy atom. The molecular formula is C3H3Br. The average molecular weight is 119 g/mol. The molecule has 0 amide bonds. The number of hydrogen-bond donors (Lipinski definition) is 0. The Balaban J connectivity index is 3.11. The number of hydrogen-bond acceptors (Lipinski definition) is 0. The van der Waals surface area contributed by atoms with Gasteiger partial charge in [0.2, 0.25) is 0 Å². The smallest absolute Gasteiger partial charge is 0.0225 e. The van der Waals surface area contributed by atoms with Crippen LogP contribution < -0.4 is 0 Å². The second-order valence-electron chi connectivity index (χ2n) is 0.313. The molecule has 0 radical (unpaired) electrons. The Labute approximate surface area is 34.0 Å². The Bertz CT molecular complexity index is 41.2. The normalized spacial score (nSPS) is 4.25. The van der Waals surface area contributed by atoms with Gasteiger partial charge in [0.25, 0.3) is 0 Å². The molecule has 0 unspecified atom stereocenters. The molecule has 0 aromatic rings. The summed E-state index contributed by atoms with van der Waals surface area (Å²) in [5, 5.41) is 0. The van der Waals surface area contributed by atoms with Crippen molar-refractivity contribution >= 4 is 15.9 Å². The maximum atomic E-state index is 3.25. The van der Waals surface area contributed by atoms with Crippen LogP contribution >= 0.6 is 15.9 Å². The van der Waals surface area contributed by atoms with Gasteiger partial charge in [-0.1, -0.05) is 22.5 Å². The molecule has 0 saturated heterocycles. The summed E-state index contributed by atoms with van der Waals surface area (Å²) in [5.41, 5.74) is 2.47. The SMILES string of the molecule is C=C=CBr. The van der Waals surface area contributed by atoms with Crippen LogP contribution in [0.4, 0.5) is 0 Å². The van der Waals surface area contributed by atoms with E-state index in [1.807, 2.05) is 0 Å². The van der Waals surface area contributed by atoms with Crippen LogP contribution in [-0.2, 0) is 0 Å². The van der Waals surface area contributed by atoms with Crippen LogP contribution in [-0.4, -0.2) is 0 Å². The summed E-state index contributed by atoms with van der Waals surface area (Å²) in [6, 6.07) is 0. The highest BCUT2D eigenvalue weighted by Crippen LogP contribution is 1.71. The first kappa shape index (κ1) is 4.00. The molecule has 0 nitrogen and oxygen atoms in total. The first-order chi connectivity index (χ1) is 1.91. The molecule has 0 rings (SSSR count). The van der Waals surface area contributed by atoms with Gasteiger partial charge in [-0.05, 0) is 0 Å². The lowest BCUT2D eigenvalue weighted by Crippen LogP contribution is -1.03. The van der Waals surface area contributed by atoms with E-state index < -0.39 is 0 Å². The third-order valence-electron chi connectivity index (χ3n) is 0.0772. The van der Waals surface area contributed by atoms with Crippen LogP contribution in [0.5, 0.6) is 0 Å². The van der Waals surface area contributed by atoms with E-state index in [4.69, 9.17) is 0 Å². The molecule has 0 saturated carbocycles. The predicted octanol–water partition coefficient (Wildman–Crippen LogP) is 1.68. The maximum Gasteiger partial charge on any atom is 0.0225 e. The summed E-state index contributed by atoms with van der Waals surface area (Å²) in [4.78, 5) is 1.58. The molecule has 0 spiro atoms. The van der Waals surface area contributed by atoms with Crippen LogP contribution in [0.15, 0.2) is 17.3 Å².